The molecule has 190 valence electrons. The second kappa shape index (κ2) is 10.0. The summed E-state index contributed by atoms with van der Waals surface area (Å²) in [5, 5.41) is 18.9. The lowest BCUT2D eigenvalue weighted by atomic mass is 10.0. The van der Waals surface area contributed by atoms with Gasteiger partial charge in [0.15, 0.2) is 29.8 Å². The van der Waals surface area contributed by atoms with Crippen molar-refractivity contribution in [2.45, 2.75) is 37.6 Å². The molecule has 0 unspecified atom stereocenters. The summed E-state index contributed by atoms with van der Waals surface area (Å²) in [6, 6.07) is 3.15. The van der Waals surface area contributed by atoms with Crippen LogP contribution >= 0.6 is 23.1 Å². The molecule has 0 spiro atoms. The molecule has 11 nitrogen and oxygen atoms in total. The van der Waals surface area contributed by atoms with Crippen LogP contribution in [0.4, 0.5) is 5.13 Å². The van der Waals surface area contributed by atoms with Gasteiger partial charge in [0.25, 0.3) is 11.8 Å². The van der Waals surface area contributed by atoms with Crippen LogP contribution in [0.15, 0.2) is 46.3 Å². The second-order valence-corrected chi connectivity index (χ2v) is 16.4. The number of aromatic nitrogens is 2. The van der Waals surface area contributed by atoms with Crippen molar-refractivity contribution in [1.29, 1.82) is 0 Å². The Morgan fingerprint density at radius 1 is 1.42 bits per heavy atom. The third-order valence-electron chi connectivity index (χ3n) is 5.80. The lowest BCUT2D eigenvalue weighted by Gasteiger charge is -2.49. The maximum absolute atomic E-state index is 13.0. The van der Waals surface area contributed by atoms with E-state index in [1.54, 1.807) is 5.38 Å². The number of carboxylic acids is 1. The number of β-lactam (4-membered cyclic amide) rings is 1. The van der Waals surface area contributed by atoms with Crippen molar-refractivity contribution < 1.29 is 28.9 Å². The number of thiazole rings is 1. The Morgan fingerprint density at radius 2 is 2.17 bits per heavy atom. The summed E-state index contributed by atoms with van der Waals surface area (Å²) < 4.78 is 1.96. The van der Waals surface area contributed by atoms with Gasteiger partial charge in [-0.3, -0.25) is 14.5 Å². The summed E-state index contributed by atoms with van der Waals surface area (Å²) in [6.45, 7) is 7.09. The first-order valence-electron chi connectivity index (χ1n) is 11.0. The van der Waals surface area contributed by atoms with E-state index in [1.807, 2.05) is 16.8 Å². The Hall–Kier alpha value is -3.23. The second-order valence-electron chi connectivity index (χ2n) is 9.33. The number of hydrogen-bond acceptors (Lipinski definition) is 9. The first-order valence-corrected chi connectivity index (χ1v) is 16.5. The van der Waals surface area contributed by atoms with E-state index in [4.69, 9.17) is 10.6 Å². The highest BCUT2D eigenvalue weighted by molar-refractivity contribution is 8.00. The summed E-state index contributed by atoms with van der Waals surface area (Å²) in [5.41, 5.74) is 6.37. The summed E-state index contributed by atoms with van der Waals surface area (Å²) in [5.74, 6) is -1.92. The average molecular weight is 548 g/mol. The van der Waals surface area contributed by atoms with E-state index in [0.29, 0.717) is 17.9 Å². The molecule has 0 saturated carbocycles. The molecule has 4 heterocycles. The number of anilines is 1. The molecule has 4 rings (SSSR count). The minimum atomic E-state index is -1.55. The van der Waals surface area contributed by atoms with Gasteiger partial charge in [-0.05, 0) is 0 Å². The molecule has 1 fully saturated rings. The number of pyridine rings is 1. The maximum Gasteiger partial charge on any atom is 0.352 e. The fourth-order valence-electron chi connectivity index (χ4n) is 3.99. The third-order valence-corrected chi connectivity index (χ3v) is 9.84. The van der Waals surface area contributed by atoms with Crippen LogP contribution in [-0.4, -0.2) is 70.8 Å². The molecule has 2 aliphatic rings. The van der Waals surface area contributed by atoms with Gasteiger partial charge in [0.1, 0.15) is 29.9 Å². The van der Waals surface area contributed by atoms with Crippen molar-refractivity contribution in [2.24, 2.45) is 5.16 Å². The normalized spacial score (nSPS) is 20.1. The van der Waals surface area contributed by atoms with E-state index in [0.717, 1.165) is 11.3 Å². The zero-order chi connectivity index (χ0) is 26.2. The number of rotatable bonds is 8. The van der Waals surface area contributed by atoms with Crippen molar-refractivity contribution in [3.63, 3.8) is 0 Å². The first-order chi connectivity index (χ1) is 17.0. The summed E-state index contributed by atoms with van der Waals surface area (Å²) in [7, 11) is -0.259. The van der Waals surface area contributed by atoms with E-state index in [1.165, 1.54) is 29.0 Å². The molecule has 0 aromatic carbocycles. The van der Waals surface area contributed by atoms with Crippen molar-refractivity contribution in [2.75, 3.05) is 18.6 Å². The van der Waals surface area contributed by atoms with Crippen LogP contribution in [0, 0.1) is 0 Å². The minimum absolute atomic E-state index is 0.0294. The molecule has 2 aromatic rings. The quantitative estimate of drug-likeness (QED) is 0.141. The number of carbonyl (C=O) groups excluding carboxylic acids is 2. The van der Waals surface area contributed by atoms with Gasteiger partial charge < -0.3 is 21.0 Å². The molecule has 2 aromatic heterocycles. The largest absolute Gasteiger partial charge is 0.477 e. The van der Waals surface area contributed by atoms with E-state index >= 15 is 0 Å². The summed E-state index contributed by atoms with van der Waals surface area (Å²) in [4.78, 5) is 48.2. The van der Waals surface area contributed by atoms with Gasteiger partial charge in [-0.15, -0.1) is 23.1 Å². The Morgan fingerprint density at radius 3 is 2.78 bits per heavy atom. The van der Waals surface area contributed by atoms with Gasteiger partial charge in [0.2, 0.25) is 0 Å². The van der Waals surface area contributed by atoms with Gasteiger partial charge >= 0.3 is 5.97 Å². The highest BCUT2D eigenvalue weighted by Gasteiger charge is 2.54. The summed E-state index contributed by atoms with van der Waals surface area (Å²) >= 11 is 2.55. The number of carboxylic acid groups (broad SMARTS) is 1. The highest BCUT2D eigenvalue weighted by atomic mass is 32.2. The zero-order valence-electron chi connectivity index (χ0n) is 20.2. The Kier molecular flexibility index (Phi) is 7.20. The number of thioether (sulfide) groups is 1. The highest BCUT2D eigenvalue weighted by Crippen LogP contribution is 2.40. The standard InChI is InChI=1S/C22H26N6O5S2Si/c1-33-26-15(14-11-35-22(23)24-14)18(29)25-16-19(30)28-17(21(31)32)12(10-34-20(16)28)8-27-7-5-6-13(9-27)36(2,3)4/h5-7,9,11,16,20H,8,10H2,1-4H3,(H3-,23,24,25,29,31,32)/p+1/t16-,20-/m0/s1. The molecule has 1 saturated heterocycles. The smallest absolute Gasteiger partial charge is 0.352 e. The van der Waals surface area contributed by atoms with Crippen molar-refractivity contribution >= 4 is 65.0 Å². The molecule has 14 heteroatoms. The van der Waals surface area contributed by atoms with E-state index in [-0.39, 0.29) is 22.2 Å². The average Bonchev–Trinajstić information content (AvgIpc) is 3.25. The number of aliphatic carboxylic acids is 1. The van der Waals surface area contributed by atoms with Crippen LogP contribution in [0.3, 0.4) is 0 Å². The summed E-state index contributed by atoms with van der Waals surface area (Å²) in [6.07, 6.45) is 3.95. The van der Waals surface area contributed by atoms with Crippen LogP contribution in [0.5, 0.6) is 0 Å². The maximum atomic E-state index is 13.0. The molecule has 2 amide bonds. The zero-order valence-corrected chi connectivity index (χ0v) is 22.9. The molecule has 2 atom stereocenters. The number of nitrogens with zero attached hydrogens (tertiary/aromatic N) is 4. The topological polar surface area (TPSA) is 151 Å². The fourth-order valence-corrected chi connectivity index (χ4v) is 7.02. The Balaban J connectivity index is 1.54. The molecule has 0 bridgehead atoms. The van der Waals surface area contributed by atoms with Crippen LogP contribution in [0.2, 0.25) is 19.6 Å². The predicted molar refractivity (Wildman–Crippen MR) is 139 cm³/mol. The molecular formula is C22H27N6O5S2Si+. The third kappa shape index (κ3) is 5.01. The monoisotopic (exact) mass is 547 g/mol. The molecule has 4 N–H and O–H groups in total. The molecule has 0 aliphatic carbocycles. The van der Waals surface area contributed by atoms with Gasteiger partial charge in [-0.1, -0.05) is 30.9 Å². The number of amides is 2. The number of fused-ring (bicyclic) bond motifs is 1. The molecule has 36 heavy (non-hydrogen) atoms. The lowest BCUT2D eigenvalue weighted by molar-refractivity contribution is -0.688. The number of oxime groups is 1. The minimum Gasteiger partial charge on any atom is -0.477 e. The first kappa shape index (κ1) is 25.8. The Bertz CT molecular complexity index is 1290. The van der Waals surface area contributed by atoms with E-state index in [2.05, 4.69) is 47.4 Å². The SMILES string of the molecule is CON=C(C(=O)N[C@H]1C(=O)N2C(C(=O)O)=C(C[n+]3cccc([Si](C)(C)C)c3)CS[C@@H]12)c1csc(N)n1. The van der Waals surface area contributed by atoms with Crippen LogP contribution < -0.4 is 20.8 Å². The van der Waals surface area contributed by atoms with E-state index in [9.17, 15) is 19.5 Å². The number of nitrogens with two attached hydrogens (primary N) is 1. The van der Waals surface area contributed by atoms with Gasteiger partial charge in [-0.2, -0.15) is 0 Å². The number of carbonyl (C=O) groups is 3. The van der Waals surface area contributed by atoms with Crippen LogP contribution in [-0.2, 0) is 25.8 Å². The van der Waals surface area contributed by atoms with Gasteiger partial charge in [0, 0.05) is 28.0 Å². The van der Waals surface area contributed by atoms with E-state index < -0.39 is 37.3 Å². The van der Waals surface area contributed by atoms with Crippen molar-refractivity contribution in [3.05, 3.63) is 46.9 Å². The van der Waals surface area contributed by atoms with Crippen LogP contribution in [0.25, 0.3) is 0 Å². The molecule has 0 radical (unpaired) electrons. The lowest BCUT2D eigenvalue weighted by Crippen LogP contribution is -2.71. The number of nitrogen functional groups attached to an aromatic ring is 1. The fraction of sp³-hybridized carbons (Fsp3) is 0.364. The van der Waals surface area contributed by atoms with Gasteiger partial charge in [-0.25, -0.2) is 14.3 Å². The van der Waals surface area contributed by atoms with Crippen molar-refractivity contribution in [3.8, 4) is 0 Å². The predicted octanol–water partition coefficient (Wildman–Crippen LogP) is 0.347. The van der Waals surface area contributed by atoms with Crippen LogP contribution in [0.1, 0.15) is 5.69 Å². The number of hydrogen-bond donors (Lipinski definition) is 3. The molecular weight excluding hydrogens is 520 g/mol. The molecule has 2 aliphatic heterocycles. The number of nitrogens with one attached hydrogen (secondary N) is 1. The van der Waals surface area contributed by atoms with Gasteiger partial charge in [0.05, 0.1) is 8.07 Å². The Labute approximate surface area is 217 Å². The van der Waals surface area contributed by atoms with Crippen molar-refractivity contribution in [1.82, 2.24) is 15.2 Å².